The molecule has 3 heteroatoms. The highest BCUT2D eigenvalue weighted by molar-refractivity contribution is 7.85. The molecule has 0 amide bonds. The molecular weight excluding hydrogens is 232 g/mol. The highest BCUT2D eigenvalue weighted by atomic mass is 32.2. The van der Waals surface area contributed by atoms with E-state index in [1.165, 1.54) is 5.56 Å². The van der Waals surface area contributed by atoms with Gasteiger partial charge in [0.15, 0.2) is 5.78 Å². The van der Waals surface area contributed by atoms with Crippen LogP contribution in [-0.4, -0.2) is 21.5 Å². The van der Waals surface area contributed by atoms with Gasteiger partial charge < -0.3 is 0 Å². The number of hydrogen-bond donors (Lipinski definition) is 0. The van der Waals surface area contributed by atoms with Gasteiger partial charge in [-0.25, -0.2) is 0 Å². The molecule has 0 spiro atoms. The van der Waals surface area contributed by atoms with Gasteiger partial charge in [-0.3, -0.25) is 9.00 Å². The van der Waals surface area contributed by atoms with Crippen molar-refractivity contribution < 1.29 is 9.00 Å². The van der Waals surface area contributed by atoms with E-state index in [1.54, 1.807) is 0 Å². The molecule has 0 radical (unpaired) electrons. The Hall–Kier alpha value is -0.960. The van der Waals surface area contributed by atoms with E-state index in [0.717, 1.165) is 6.42 Å². The van der Waals surface area contributed by atoms with E-state index in [9.17, 15) is 9.00 Å². The third-order valence-electron chi connectivity index (χ3n) is 2.62. The molecule has 1 aromatic rings. The highest BCUT2D eigenvalue weighted by Gasteiger charge is 2.10. The van der Waals surface area contributed by atoms with Gasteiger partial charge in [-0.2, -0.15) is 0 Å². The van der Waals surface area contributed by atoms with Crippen molar-refractivity contribution in [3.8, 4) is 0 Å². The minimum atomic E-state index is -1.01. The normalized spacial score (nSPS) is 12.7. The lowest BCUT2D eigenvalue weighted by molar-refractivity contribution is 0.102. The average Bonchev–Trinajstić information content (AvgIpc) is 2.29. The van der Waals surface area contributed by atoms with E-state index >= 15 is 0 Å². The zero-order chi connectivity index (χ0) is 12.8. The predicted molar refractivity (Wildman–Crippen MR) is 73.0 cm³/mol. The zero-order valence-electron chi connectivity index (χ0n) is 10.7. The Bertz CT molecular complexity index is 393. The van der Waals surface area contributed by atoms with E-state index < -0.39 is 10.8 Å². The van der Waals surface area contributed by atoms with Crippen LogP contribution in [0.15, 0.2) is 24.3 Å². The van der Waals surface area contributed by atoms with Crippen molar-refractivity contribution in [2.45, 2.75) is 33.1 Å². The van der Waals surface area contributed by atoms with Gasteiger partial charge in [0.25, 0.3) is 0 Å². The second-order valence-corrected chi connectivity index (χ2v) is 6.06. The number of ketones is 1. The van der Waals surface area contributed by atoms with Crippen LogP contribution in [0.3, 0.4) is 0 Å². The number of hydrogen-bond acceptors (Lipinski definition) is 2. The van der Waals surface area contributed by atoms with E-state index in [2.05, 4.69) is 13.8 Å². The Morgan fingerprint density at radius 3 is 2.29 bits per heavy atom. The molecule has 0 aliphatic heterocycles. The summed E-state index contributed by atoms with van der Waals surface area (Å²) in [6.07, 6.45) is 0.853. The van der Waals surface area contributed by atoms with Crippen LogP contribution in [0.1, 0.15) is 49.0 Å². The number of Topliss-reactive ketones (excluding diaryl/α,β-unsaturated/α-hetero) is 1. The highest BCUT2D eigenvalue weighted by Crippen LogP contribution is 2.15. The van der Waals surface area contributed by atoms with Crippen LogP contribution in [0, 0.1) is 0 Å². The number of carbonyl (C=O) groups excluding carboxylic acids is 1. The molecule has 0 aromatic heterocycles. The Morgan fingerprint density at radius 1 is 1.24 bits per heavy atom. The van der Waals surface area contributed by atoms with Crippen molar-refractivity contribution in [2.75, 3.05) is 11.5 Å². The lowest BCUT2D eigenvalue weighted by Crippen LogP contribution is -2.13. The van der Waals surface area contributed by atoms with Gasteiger partial charge in [0.05, 0.1) is 5.75 Å². The summed E-state index contributed by atoms with van der Waals surface area (Å²) in [4.78, 5) is 11.8. The van der Waals surface area contributed by atoms with Gasteiger partial charge in [-0.1, -0.05) is 45.0 Å². The molecule has 0 saturated carbocycles. The molecule has 94 valence electrons. The molecule has 0 aliphatic carbocycles. The quantitative estimate of drug-likeness (QED) is 0.729. The maximum absolute atomic E-state index is 11.8. The first-order valence-corrected chi connectivity index (χ1v) is 7.51. The molecule has 1 atom stereocenters. The van der Waals surface area contributed by atoms with Crippen molar-refractivity contribution in [3.63, 3.8) is 0 Å². The molecule has 2 nitrogen and oxygen atoms in total. The molecule has 0 heterocycles. The lowest BCUT2D eigenvalue weighted by atomic mass is 10.0. The van der Waals surface area contributed by atoms with Crippen molar-refractivity contribution >= 4 is 16.6 Å². The molecule has 1 unspecified atom stereocenters. The van der Waals surface area contributed by atoms with Crippen LogP contribution in [-0.2, 0) is 10.8 Å². The molecule has 0 saturated heterocycles. The van der Waals surface area contributed by atoms with Gasteiger partial charge in [0, 0.05) is 22.1 Å². The molecule has 1 aromatic carbocycles. The van der Waals surface area contributed by atoms with E-state index in [1.807, 2.05) is 31.2 Å². The SMILES string of the molecule is CCCS(=O)CC(=O)c1ccc(C(C)C)cc1. The second kappa shape index (κ2) is 6.70. The molecule has 0 bridgehead atoms. The summed E-state index contributed by atoms with van der Waals surface area (Å²) in [6, 6.07) is 7.61. The molecule has 0 aliphatic rings. The minimum absolute atomic E-state index is 0.0212. The molecule has 1 rings (SSSR count). The summed E-state index contributed by atoms with van der Waals surface area (Å²) in [5, 5.41) is 0. The Morgan fingerprint density at radius 2 is 1.82 bits per heavy atom. The number of rotatable bonds is 6. The van der Waals surface area contributed by atoms with Crippen LogP contribution in [0.4, 0.5) is 0 Å². The maximum Gasteiger partial charge on any atom is 0.175 e. The van der Waals surface area contributed by atoms with Crippen molar-refractivity contribution in [1.29, 1.82) is 0 Å². The van der Waals surface area contributed by atoms with Crippen LogP contribution in [0.5, 0.6) is 0 Å². The first kappa shape index (κ1) is 14.1. The molecule has 17 heavy (non-hydrogen) atoms. The Labute approximate surface area is 106 Å². The van der Waals surface area contributed by atoms with Crippen LogP contribution in [0.25, 0.3) is 0 Å². The maximum atomic E-state index is 11.8. The molecular formula is C14H20O2S. The second-order valence-electron chi connectivity index (χ2n) is 4.49. The van der Waals surface area contributed by atoms with Gasteiger partial charge >= 0.3 is 0 Å². The van der Waals surface area contributed by atoms with E-state index in [-0.39, 0.29) is 11.5 Å². The fourth-order valence-corrected chi connectivity index (χ4v) is 2.64. The lowest BCUT2D eigenvalue weighted by Gasteiger charge is -2.06. The zero-order valence-corrected chi connectivity index (χ0v) is 11.5. The topological polar surface area (TPSA) is 34.1 Å². The van der Waals surface area contributed by atoms with Gasteiger partial charge in [-0.05, 0) is 17.9 Å². The average molecular weight is 252 g/mol. The van der Waals surface area contributed by atoms with Crippen molar-refractivity contribution in [2.24, 2.45) is 0 Å². The Kier molecular flexibility index (Phi) is 5.56. The number of benzene rings is 1. The van der Waals surface area contributed by atoms with Crippen LogP contribution >= 0.6 is 0 Å². The molecule has 0 N–H and O–H groups in total. The smallest absolute Gasteiger partial charge is 0.175 e. The van der Waals surface area contributed by atoms with E-state index in [0.29, 0.717) is 17.2 Å². The van der Waals surface area contributed by atoms with Crippen molar-refractivity contribution in [1.82, 2.24) is 0 Å². The summed E-state index contributed by atoms with van der Waals surface area (Å²) in [7, 11) is -1.01. The first-order valence-electron chi connectivity index (χ1n) is 6.02. The summed E-state index contributed by atoms with van der Waals surface area (Å²) < 4.78 is 11.5. The Balaban J connectivity index is 2.67. The summed E-state index contributed by atoms with van der Waals surface area (Å²) in [5.74, 6) is 1.20. The van der Waals surface area contributed by atoms with Gasteiger partial charge in [0.1, 0.15) is 0 Å². The largest absolute Gasteiger partial charge is 0.293 e. The summed E-state index contributed by atoms with van der Waals surface area (Å²) in [6.45, 7) is 6.21. The van der Waals surface area contributed by atoms with Crippen molar-refractivity contribution in [3.05, 3.63) is 35.4 Å². The van der Waals surface area contributed by atoms with Crippen LogP contribution < -0.4 is 0 Å². The van der Waals surface area contributed by atoms with Gasteiger partial charge in [0.2, 0.25) is 0 Å². The summed E-state index contributed by atoms with van der Waals surface area (Å²) in [5.41, 5.74) is 1.88. The van der Waals surface area contributed by atoms with Crippen LogP contribution in [0.2, 0.25) is 0 Å². The first-order chi connectivity index (χ1) is 8.04. The fraction of sp³-hybridized carbons (Fsp3) is 0.500. The predicted octanol–water partition coefficient (Wildman–Crippen LogP) is 3.15. The third-order valence-corrected chi connectivity index (χ3v) is 4.07. The molecule has 0 fully saturated rings. The standard InChI is InChI=1S/C14H20O2S/c1-4-9-17(16)10-14(15)13-7-5-12(6-8-13)11(2)3/h5-8,11H,4,9-10H2,1-3H3. The summed E-state index contributed by atoms with van der Waals surface area (Å²) >= 11 is 0. The van der Waals surface area contributed by atoms with E-state index in [4.69, 9.17) is 0 Å². The number of carbonyl (C=O) groups is 1. The monoisotopic (exact) mass is 252 g/mol. The van der Waals surface area contributed by atoms with Gasteiger partial charge in [-0.15, -0.1) is 0 Å². The fourth-order valence-electron chi connectivity index (χ4n) is 1.58. The third kappa shape index (κ3) is 4.43. The minimum Gasteiger partial charge on any atom is -0.293 e.